The van der Waals surface area contributed by atoms with Crippen molar-refractivity contribution in [2.24, 2.45) is 11.7 Å². The summed E-state index contributed by atoms with van der Waals surface area (Å²) in [7, 11) is 1.68. The fourth-order valence-electron chi connectivity index (χ4n) is 2.35. The molecule has 0 spiro atoms. The van der Waals surface area contributed by atoms with E-state index in [-0.39, 0.29) is 5.41 Å². The molecule has 1 aliphatic heterocycles. The van der Waals surface area contributed by atoms with Crippen molar-refractivity contribution < 1.29 is 9.47 Å². The molecule has 0 radical (unpaired) electrons. The zero-order valence-electron chi connectivity index (χ0n) is 10.6. The molecule has 0 aliphatic carbocycles. The SMILES string of the molecule is COc1ccc(C(C)(CN)CC2COC2)cc1. The molecule has 17 heavy (non-hydrogen) atoms. The molecule has 1 aromatic rings. The monoisotopic (exact) mass is 235 g/mol. The first-order chi connectivity index (χ1) is 8.18. The van der Waals surface area contributed by atoms with Gasteiger partial charge in [-0.3, -0.25) is 0 Å². The van der Waals surface area contributed by atoms with Gasteiger partial charge in [0.15, 0.2) is 0 Å². The zero-order chi connectivity index (χ0) is 12.3. The normalized spacial score (nSPS) is 19.5. The van der Waals surface area contributed by atoms with E-state index in [2.05, 4.69) is 19.1 Å². The molecule has 3 nitrogen and oxygen atoms in total. The molecule has 0 amide bonds. The molecule has 2 rings (SSSR count). The van der Waals surface area contributed by atoms with Gasteiger partial charge in [0.2, 0.25) is 0 Å². The summed E-state index contributed by atoms with van der Waals surface area (Å²) >= 11 is 0. The molecule has 1 aromatic carbocycles. The van der Waals surface area contributed by atoms with Crippen LogP contribution >= 0.6 is 0 Å². The Morgan fingerprint density at radius 3 is 2.41 bits per heavy atom. The van der Waals surface area contributed by atoms with Crippen molar-refractivity contribution in [3.05, 3.63) is 29.8 Å². The number of nitrogens with two attached hydrogens (primary N) is 1. The summed E-state index contributed by atoms with van der Waals surface area (Å²) in [6.07, 6.45) is 1.09. The van der Waals surface area contributed by atoms with Crippen molar-refractivity contribution in [3.63, 3.8) is 0 Å². The standard InChI is InChI=1S/C14H21NO2/c1-14(10-15,7-11-8-17-9-11)12-3-5-13(16-2)6-4-12/h3-6,11H,7-10,15H2,1-2H3. The predicted molar refractivity (Wildman–Crippen MR) is 68.3 cm³/mol. The molecule has 0 saturated carbocycles. The van der Waals surface area contributed by atoms with Crippen molar-refractivity contribution in [2.75, 3.05) is 26.9 Å². The molecule has 1 aliphatic rings. The van der Waals surface area contributed by atoms with Crippen LogP contribution in [0, 0.1) is 5.92 Å². The van der Waals surface area contributed by atoms with E-state index in [4.69, 9.17) is 15.2 Å². The minimum Gasteiger partial charge on any atom is -0.497 e. The molecule has 2 N–H and O–H groups in total. The zero-order valence-corrected chi connectivity index (χ0v) is 10.6. The summed E-state index contributed by atoms with van der Waals surface area (Å²) in [6.45, 7) is 4.65. The van der Waals surface area contributed by atoms with Crippen molar-refractivity contribution >= 4 is 0 Å². The highest BCUT2D eigenvalue weighted by molar-refractivity contribution is 5.32. The number of ether oxygens (including phenoxy) is 2. The minimum absolute atomic E-state index is 0.0424. The van der Waals surface area contributed by atoms with Crippen LogP contribution in [0.15, 0.2) is 24.3 Å². The lowest BCUT2D eigenvalue weighted by Gasteiger charge is -2.36. The molecule has 1 atom stereocenters. The third kappa shape index (κ3) is 2.61. The molecular formula is C14H21NO2. The Morgan fingerprint density at radius 1 is 1.35 bits per heavy atom. The summed E-state index contributed by atoms with van der Waals surface area (Å²) in [5.41, 5.74) is 7.29. The maximum Gasteiger partial charge on any atom is 0.118 e. The second-order valence-electron chi connectivity index (χ2n) is 5.10. The Hall–Kier alpha value is -1.06. The van der Waals surface area contributed by atoms with Crippen LogP contribution < -0.4 is 10.5 Å². The van der Waals surface area contributed by atoms with Crippen molar-refractivity contribution in [1.82, 2.24) is 0 Å². The third-order valence-electron chi connectivity index (χ3n) is 3.68. The van der Waals surface area contributed by atoms with Gasteiger partial charge in [0.05, 0.1) is 20.3 Å². The molecule has 1 unspecified atom stereocenters. The topological polar surface area (TPSA) is 44.5 Å². The van der Waals surface area contributed by atoms with E-state index >= 15 is 0 Å². The number of hydrogen-bond acceptors (Lipinski definition) is 3. The van der Waals surface area contributed by atoms with Gasteiger partial charge in [-0.05, 0) is 24.1 Å². The molecule has 0 aromatic heterocycles. The van der Waals surface area contributed by atoms with Crippen LogP contribution in [0.25, 0.3) is 0 Å². The van der Waals surface area contributed by atoms with E-state index in [0.717, 1.165) is 25.4 Å². The summed E-state index contributed by atoms with van der Waals surface area (Å²) in [5, 5.41) is 0. The lowest BCUT2D eigenvalue weighted by Crippen LogP contribution is -2.39. The van der Waals surface area contributed by atoms with Crippen LogP contribution in [-0.4, -0.2) is 26.9 Å². The number of benzene rings is 1. The first-order valence-corrected chi connectivity index (χ1v) is 6.10. The van der Waals surface area contributed by atoms with Gasteiger partial charge in [-0.25, -0.2) is 0 Å². The number of hydrogen-bond donors (Lipinski definition) is 1. The molecule has 3 heteroatoms. The van der Waals surface area contributed by atoms with Gasteiger partial charge in [-0.2, -0.15) is 0 Å². The Labute approximate surface area is 103 Å². The smallest absolute Gasteiger partial charge is 0.118 e. The molecule has 1 heterocycles. The Bertz CT molecular complexity index is 359. The molecule has 1 saturated heterocycles. The number of rotatable bonds is 5. The molecule has 1 fully saturated rings. The van der Waals surface area contributed by atoms with Gasteiger partial charge in [0.1, 0.15) is 5.75 Å². The summed E-state index contributed by atoms with van der Waals surface area (Å²) < 4.78 is 10.4. The van der Waals surface area contributed by atoms with Gasteiger partial charge in [-0.1, -0.05) is 19.1 Å². The van der Waals surface area contributed by atoms with Crippen LogP contribution in [0.3, 0.4) is 0 Å². The van der Waals surface area contributed by atoms with Gasteiger partial charge in [0.25, 0.3) is 0 Å². The maximum absolute atomic E-state index is 5.96. The quantitative estimate of drug-likeness (QED) is 0.848. The van der Waals surface area contributed by atoms with Crippen LogP contribution in [0.2, 0.25) is 0 Å². The van der Waals surface area contributed by atoms with Gasteiger partial charge >= 0.3 is 0 Å². The van der Waals surface area contributed by atoms with Gasteiger partial charge in [0, 0.05) is 17.9 Å². The Balaban J connectivity index is 2.13. The predicted octanol–water partition coefficient (Wildman–Crippen LogP) is 1.95. The third-order valence-corrected chi connectivity index (χ3v) is 3.68. The summed E-state index contributed by atoms with van der Waals surface area (Å²) in [5.74, 6) is 1.55. The van der Waals surface area contributed by atoms with Crippen LogP contribution in [-0.2, 0) is 10.2 Å². The highest BCUT2D eigenvalue weighted by Gasteiger charge is 2.32. The van der Waals surface area contributed by atoms with Crippen LogP contribution in [0.5, 0.6) is 5.75 Å². The van der Waals surface area contributed by atoms with Crippen molar-refractivity contribution in [1.29, 1.82) is 0 Å². The second-order valence-corrected chi connectivity index (χ2v) is 5.10. The van der Waals surface area contributed by atoms with Crippen LogP contribution in [0.4, 0.5) is 0 Å². The van der Waals surface area contributed by atoms with E-state index in [1.165, 1.54) is 5.56 Å². The average molecular weight is 235 g/mol. The van der Waals surface area contributed by atoms with Crippen molar-refractivity contribution in [3.8, 4) is 5.75 Å². The lowest BCUT2D eigenvalue weighted by molar-refractivity contribution is -0.0441. The second kappa shape index (κ2) is 5.07. The van der Waals surface area contributed by atoms with Crippen LogP contribution in [0.1, 0.15) is 18.9 Å². The first-order valence-electron chi connectivity index (χ1n) is 6.10. The summed E-state index contributed by atoms with van der Waals surface area (Å²) in [6, 6.07) is 8.23. The van der Waals surface area contributed by atoms with E-state index in [1.54, 1.807) is 7.11 Å². The summed E-state index contributed by atoms with van der Waals surface area (Å²) in [4.78, 5) is 0. The van der Waals surface area contributed by atoms with Gasteiger partial charge < -0.3 is 15.2 Å². The molecular weight excluding hydrogens is 214 g/mol. The molecule has 94 valence electrons. The fourth-order valence-corrected chi connectivity index (χ4v) is 2.35. The average Bonchev–Trinajstić information content (AvgIpc) is 2.34. The van der Waals surface area contributed by atoms with E-state index < -0.39 is 0 Å². The highest BCUT2D eigenvalue weighted by Crippen LogP contribution is 2.33. The first kappa shape index (κ1) is 12.4. The Kier molecular flexibility index (Phi) is 3.69. The van der Waals surface area contributed by atoms with Crippen molar-refractivity contribution in [2.45, 2.75) is 18.8 Å². The minimum atomic E-state index is 0.0424. The maximum atomic E-state index is 5.96. The number of methoxy groups -OCH3 is 1. The Morgan fingerprint density at radius 2 is 2.00 bits per heavy atom. The largest absolute Gasteiger partial charge is 0.497 e. The lowest BCUT2D eigenvalue weighted by atomic mass is 9.75. The van der Waals surface area contributed by atoms with Gasteiger partial charge in [-0.15, -0.1) is 0 Å². The molecule has 0 bridgehead atoms. The fraction of sp³-hybridized carbons (Fsp3) is 0.571. The van der Waals surface area contributed by atoms with E-state index in [0.29, 0.717) is 12.5 Å². The van der Waals surface area contributed by atoms with E-state index in [9.17, 15) is 0 Å². The van der Waals surface area contributed by atoms with E-state index in [1.807, 2.05) is 12.1 Å². The highest BCUT2D eigenvalue weighted by atomic mass is 16.5.